The molecule has 0 spiro atoms. The number of nitrogens with two attached hydrogens (primary N) is 1. The van der Waals surface area contributed by atoms with E-state index in [2.05, 4.69) is 15.7 Å². The summed E-state index contributed by atoms with van der Waals surface area (Å²) < 4.78 is 0. The molecule has 1 aromatic heterocycles. The van der Waals surface area contributed by atoms with Gasteiger partial charge in [-0.3, -0.25) is 15.6 Å². The average Bonchev–Trinajstić information content (AvgIpc) is 2.47. The highest BCUT2D eigenvalue weighted by molar-refractivity contribution is 6.31. The Balaban J connectivity index is 2.13. The summed E-state index contributed by atoms with van der Waals surface area (Å²) in [6, 6.07) is 10.4. The van der Waals surface area contributed by atoms with Crippen LogP contribution in [0, 0.1) is 0 Å². The molecule has 0 saturated carbocycles. The predicted molar refractivity (Wildman–Crippen MR) is 79.4 cm³/mol. The van der Waals surface area contributed by atoms with E-state index in [9.17, 15) is 4.79 Å². The van der Waals surface area contributed by atoms with Gasteiger partial charge in [0, 0.05) is 11.2 Å². The molecule has 1 amide bonds. The fourth-order valence-electron chi connectivity index (χ4n) is 1.82. The maximum absolute atomic E-state index is 12.1. The van der Waals surface area contributed by atoms with Crippen molar-refractivity contribution in [1.29, 1.82) is 0 Å². The van der Waals surface area contributed by atoms with Gasteiger partial charge in [-0.05, 0) is 30.7 Å². The second kappa shape index (κ2) is 6.36. The lowest BCUT2D eigenvalue weighted by Crippen LogP contribution is -2.27. The molecule has 0 bridgehead atoms. The first-order valence-corrected chi connectivity index (χ1v) is 6.47. The number of hydrogen-bond acceptors (Lipinski definition) is 4. The number of pyridine rings is 1. The Morgan fingerprint density at radius 1 is 1.35 bits per heavy atom. The van der Waals surface area contributed by atoms with Gasteiger partial charge in [0.1, 0.15) is 5.69 Å². The average molecular weight is 291 g/mol. The Kier molecular flexibility index (Phi) is 4.55. The molecule has 1 aromatic carbocycles. The summed E-state index contributed by atoms with van der Waals surface area (Å²) in [7, 11) is 0. The molecule has 2 aromatic rings. The number of anilines is 1. The van der Waals surface area contributed by atoms with E-state index in [1.165, 1.54) is 6.20 Å². The number of halogens is 1. The van der Waals surface area contributed by atoms with E-state index in [1.807, 2.05) is 25.1 Å². The number of nitrogens with zero attached hydrogens (tertiary/aromatic N) is 1. The lowest BCUT2D eigenvalue weighted by Gasteiger charge is -2.15. The number of carbonyl (C=O) groups excluding carboxylic acids is 1. The first kappa shape index (κ1) is 14.3. The number of nitrogens with one attached hydrogen (secondary N) is 2. The van der Waals surface area contributed by atoms with E-state index in [0.29, 0.717) is 16.4 Å². The second-order valence-corrected chi connectivity index (χ2v) is 4.70. The maximum atomic E-state index is 12.1. The third-order valence-corrected chi connectivity index (χ3v) is 3.22. The zero-order valence-electron chi connectivity index (χ0n) is 10.9. The minimum absolute atomic E-state index is 0.215. The number of nitrogen functional groups attached to an aromatic ring is 1. The molecule has 20 heavy (non-hydrogen) atoms. The minimum atomic E-state index is -0.283. The zero-order chi connectivity index (χ0) is 14.5. The van der Waals surface area contributed by atoms with E-state index in [0.717, 1.165) is 5.56 Å². The van der Waals surface area contributed by atoms with Crippen molar-refractivity contribution in [3.8, 4) is 0 Å². The van der Waals surface area contributed by atoms with Crippen molar-refractivity contribution in [2.24, 2.45) is 5.84 Å². The summed E-state index contributed by atoms with van der Waals surface area (Å²) in [5, 5.41) is 3.47. The molecule has 5 nitrogen and oxygen atoms in total. The molecular formula is C14H15ClN4O. The maximum Gasteiger partial charge on any atom is 0.270 e. The molecule has 1 unspecified atom stereocenters. The van der Waals surface area contributed by atoms with Crippen molar-refractivity contribution in [3.05, 3.63) is 58.9 Å². The van der Waals surface area contributed by atoms with Crippen LogP contribution in [0.4, 0.5) is 5.69 Å². The normalized spacial score (nSPS) is 11.8. The van der Waals surface area contributed by atoms with Crippen molar-refractivity contribution < 1.29 is 4.79 Å². The van der Waals surface area contributed by atoms with Crippen LogP contribution in [0.25, 0.3) is 0 Å². The van der Waals surface area contributed by atoms with Gasteiger partial charge < -0.3 is 10.7 Å². The van der Waals surface area contributed by atoms with E-state index in [4.69, 9.17) is 17.4 Å². The van der Waals surface area contributed by atoms with Crippen LogP contribution in [-0.2, 0) is 0 Å². The largest absolute Gasteiger partial charge is 0.344 e. The van der Waals surface area contributed by atoms with Crippen molar-refractivity contribution in [1.82, 2.24) is 10.3 Å². The summed E-state index contributed by atoms with van der Waals surface area (Å²) >= 11 is 6.10. The highest BCUT2D eigenvalue weighted by Gasteiger charge is 2.14. The first-order chi connectivity index (χ1) is 9.61. The van der Waals surface area contributed by atoms with Crippen LogP contribution in [0.3, 0.4) is 0 Å². The number of carbonyl (C=O) groups is 1. The van der Waals surface area contributed by atoms with Gasteiger partial charge >= 0.3 is 0 Å². The Morgan fingerprint density at radius 2 is 2.10 bits per heavy atom. The molecule has 6 heteroatoms. The predicted octanol–water partition coefficient (Wildman–Crippen LogP) is 2.51. The minimum Gasteiger partial charge on any atom is -0.344 e. The van der Waals surface area contributed by atoms with E-state index in [-0.39, 0.29) is 11.9 Å². The summed E-state index contributed by atoms with van der Waals surface area (Å²) in [6.07, 6.45) is 1.52. The fraction of sp³-hybridized carbons (Fsp3) is 0.143. The number of hydrazine groups is 1. The highest BCUT2D eigenvalue weighted by Crippen LogP contribution is 2.22. The Morgan fingerprint density at radius 3 is 2.80 bits per heavy atom. The Bertz CT molecular complexity index is 618. The molecule has 2 rings (SSSR count). The Hall–Kier alpha value is -2.11. The third-order valence-electron chi connectivity index (χ3n) is 2.88. The van der Waals surface area contributed by atoms with Crippen LogP contribution in [-0.4, -0.2) is 10.9 Å². The topological polar surface area (TPSA) is 80.0 Å². The molecule has 0 aliphatic carbocycles. The van der Waals surface area contributed by atoms with Gasteiger partial charge in [-0.2, -0.15) is 0 Å². The molecular weight excluding hydrogens is 276 g/mol. The molecule has 104 valence electrons. The fourth-order valence-corrected chi connectivity index (χ4v) is 2.12. The van der Waals surface area contributed by atoms with Crippen LogP contribution in [0.2, 0.25) is 5.02 Å². The quantitative estimate of drug-likeness (QED) is 0.597. The van der Waals surface area contributed by atoms with Gasteiger partial charge in [0.2, 0.25) is 0 Å². The molecule has 0 aliphatic heterocycles. The van der Waals surface area contributed by atoms with Gasteiger partial charge in [0.15, 0.2) is 0 Å². The molecule has 1 atom stereocenters. The van der Waals surface area contributed by atoms with E-state index in [1.54, 1.807) is 18.2 Å². The van der Waals surface area contributed by atoms with Crippen molar-refractivity contribution >= 4 is 23.2 Å². The summed E-state index contributed by atoms with van der Waals surface area (Å²) in [4.78, 5) is 16.1. The van der Waals surface area contributed by atoms with Gasteiger partial charge in [0.05, 0.1) is 11.7 Å². The first-order valence-electron chi connectivity index (χ1n) is 6.09. The standard InChI is InChI=1S/C14H15ClN4O/c1-9(11-4-2-3-5-12(11)15)18-14(20)13-8-10(19-16)6-7-17-13/h2-9H,16H2,1H3,(H,17,19)(H,18,20). The second-order valence-electron chi connectivity index (χ2n) is 4.29. The highest BCUT2D eigenvalue weighted by atomic mass is 35.5. The Labute approximate surface area is 122 Å². The van der Waals surface area contributed by atoms with Crippen LogP contribution >= 0.6 is 11.6 Å². The lowest BCUT2D eigenvalue weighted by molar-refractivity contribution is 0.0935. The van der Waals surface area contributed by atoms with Crippen LogP contribution in [0.1, 0.15) is 29.0 Å². The van der Waals surface area contributed by atoms with Gasteiger partial charge in [-0.15, -0.1) is 0 Å². The van der Waals surface area contributed by atoms with Gasteiger partial charge in [-0.25, -0.2) is 0 Å². The number of aromatic nitrogens is 1. The number of hydrogen-bond donors (Lipinski definition) is 3. The lowest BCUT2D eigenvalue weighted by atomic mass is 10.1. The van der Waals surface area contributed by atoms with Gasteiger partial charge in [0.25, 0.3) is 5.91 Å². The smallest absolute Gasteiger partial charge is 0.270 e. The monoisotopic (exact) mass is 290 g/mol. The molecule has 4 N–H and O–H groups in total. The van der Waals surface area contributed by atoms with Crippen molar-refractivity contribution in [2.45, 2.75) is 13.0 Å². The summed E-state index contributed by atoms with van der Waals surface area (Å²) in [5.74, 6) is 5.02. The number of amides is 1. The van der Waals surface area contributed by atoms with Crippen LogP contribution < -0.4 is 16.6 Å². The summed E-state index contributed by atoms with van der Waals surface area (Å²) in [6.45, 7) is 1.87. The summed E-state index contributed by atoms with van der Waals surface area (Å²) in [5.41, 5.74) is 4.24. The molecule has 0 aliphatic rings. The van der Waals surface area contributed by atoms with E-state index >= 15 is 0 Å². The van der Waals surface area contributed by atoms with Crippen LogP contribution in [0.15, 0.2) is 42.6 Å². The molecule has 0 radical (unpaired) electrons. The van der Waals surface area contributed by atoms with Crippen molar-refractivity contribution in [2.75, 3.05) is 5.43 Å². The number of benzene rings is 1. The van der Waals surface area contributed by atoms with Crippen LogP contribution in [0.5, 0.6) is 0 Å². The van der Waals surface area contributed by atoms with Gasteiger partial charge in [-0.1, -0.05) is 29.8 Å². The van der Waals surface area contributed by atoms with Crippen molar-refractivity contribution in [3.63, 3.8) is 0 Å². The molecule has 0 saturated heterocycles. The third kappa shape index (κ3) is 3.26. The molecule has 1 heterocycles. The SMILES string of the molecule is CC(NC(=O)c1cc(NN)ccn1)c1ccccc1Cl. The van der Waals surface area contributed by atoms with E-state index < -0.39 is 0 Å². The zero-order valence-corrected chi connectivity index (χ0v) is 11.7. The number of rotatable bonds is 4. The molecule has 0 fully saturated rings.